The second-order valence-electron chi connectivity index (χ2n) is 3.70. The summed E-state index contributed by atoms with van der Waals surface area (Å²) in [5, 5.41) is 11.4. The van der Waals surface area contributed by atoms with Gasteiger partial charge in [-0.25, -0.2) is 0 Å². The highest BCUT2D eigenvalue weighted by atomic mass is 16.4. The molecule has 70 valence electrons. The first-order valence-electron chi connectivity index (χ1n) is 4.61. The second-order valence-corrected chi connectivity index (χ2v) is 3.70. The fraction of sp³-hybridized carbons (Fsp3) is 0.889. The zero-order valence-electron chi connectivity index (χ0n) is 7.60. The summed E-state index contributed by atoms with van der Waals surface area (Å²) in [6.45, 7) is 3.15. The minimum Gasteiger partial charge on any atom is -0.480 e. The van der Waals surface area contributed by atoms with E-state index in [9.17, 15) is 4.79 Å². The summed E-state index contributed by atoms with van der Waals surface area (Å²) in [6, 6.07) is 0. The van der Waals surface area contributed by atoms with E-state index >= 15 is 0 Å². The van der Waals surface area contributed by atoms with Crippen LogP contribution < -0.4 is 5.32 Å². The van der Waals surface area contributed by atoms with Crippen molar-refractivity contribution < 1.29 is 9.90 Å². The highest BCUT2D eigenvalue weighted by molar-refractivity contribution is 5.68. The first-order valence-corrected chi connectivity index (χ1v) is 4.61. The third kappa shape index (κ3) is 2.21. The molecule has 1 rings (SSSR count). The van der Waals surface area contributed by atoms with Crippen LogP contribution in [0.25, 0.3) is 0 Å². The van der Waals surface area contributed by atoms with E-state index in [1.807, 2.05) is 0 Å². The number of nitrogens with one attached hydrogen (secondary N) is 1. The Kier molecular flexibility index (Phi) is 3.09. The minimum absolute atomic E-state index is 0.0990. The molecule has 0 bridgehead atoms. The van der Waals surface area contributed by atoms with Crippen molar-refractivity contribution in [1.29, 1.82) is 0 Å². The molecule has 1 aliphatic carbocycles. The summed E-state index contributed by atoms with van der Waals surface area (Å²) in [5.41, 5.74) is 0.426. The van der Waals surface area contributed by atoms with Crippen LogP contribution in [0.5, 0.6) is 0 Å². The molecule has 0 aromatic heterocycles. The molecule has 0 spiro atoms. The van der Waals surface area contributed by atoms with E-state index in [-0.39, 0.29) is 6.54 Å². The Balaban J connectivity index is 2.16. The van der Waals surface area contributed by atoms with Gasteiger partial charge in [-0.15, -0.1) is 0 Å². The van der Waals surface area contributed by atoms with Gasteiger partial charge < -0.3 is 10.4 Å². The quantitative estimate of drug-likeness (QED) is 0.654. The summed E-state index contributed by atoms with van der Waals surface area (Å²) >= 11 is 0. The molecule has 2 N–H and O–H groups in total. The van der Waals surface area contributed by atoms with Crippen LogP contribution in [-0.4, -0.2) is 24.2 Å². The molecule has 0 aromatic rings. The molecule has 1 fully saturated rings. The highest BCUT2D eigenvalue weighted by Gasteiger charge is 2.34. The minimum atomic E-state index is -0.763. The van der Waals surface area contributed by atoms with Gasteiger partial charge in [-0.2, -0.15) is 0 Å². The Morgan fingerprint density at radius 3 is 2.58 bits per heavy atom. The van der Waals surface area contributed by atoms with E-state index in [1.165, 1.54) is 25.7 Å². The number of carboxylic acids is 1. The Morgan fingerprint density at radius 1 is 1.58 bits per heavy atom. The maximum atomic E-state index is 10.2. The van der Waals surface area contributed by atoms with Crippen molar-refractivity contribution in [2.75, 3.05) is 13.1 Å². The van der Waals surface area contributed by atoms with Crippen molar-refractivity contribution in [2.45, 2.75) is 32.6 Å². The van der Waals surface area contributed by atoms with Gasteiger partial charge in [-0.1, -0.05) is 13.3 Å². The maximum Gasteiger partial charge on any atom is 0.317 e. The molecule has 0 radical (unpaired) electrons. The summed E-state index contributed by atoms with van der Waals surface area (Å²) in [6.07, 6.45) is 4.99. The fourth-order valence-corrected chi connectivity index (χ4v) is 1.77. The summed E-state index contributed by atoms with van der Waals surface area (Å²) < 4.78 is 0. The van der Waals surface area contributed by atoms with Crippen molar-refractivity contribution in [3.8, 4) is 0 Å². The van der Waals surface area contributed by atoms with Crippen LogP contribution in [0.15, 0.2) is 0 Å². The molecule has 3 heteroatoms. The van der Waals surface area contributed by atoms with E-state index in [0.29, 0.717) is 5.41 Å². The molecule has 0 saturated heterocycles. The number of rotatable bonds is 5. The molecular formula is C9H17NO2. The van der Waals surface area contributed by atoms with E-state index in [1.54, 1.807) is 0 Å². The normalized spacial score (nSPS) is 20.1. The number of carbonyl (C=O) groups is 1. The standard InChI is InChI=1S/C9H17NO2/c1-2-9(4-3-5-9)7-10-6-8(11)12/h10H,2-7H2,1H3,(H,11,12). The number of hydrogen-bond donors (Lipinski definition) is 2. The highest BCUT2D eigenvalue weighted by Crippen LogP contribution is 2.42. The molecule has 0 heterocycles. The molecule has 0 unspecified atom stereocenters. The predicted octanol–water partition coefficient (Wildman–Crippen LogP) is 1.24. The Bertz CT molecular complexity index is 158. The lowest BCUT2D eigenvalue weighted by atomic mass is 9.67. The monoisotopic (exact) mass is 171 g/mol. The summed E-state index contributed by atoms with van der Waals surface area (Å²) in [7, 11) is 0. The van der Waals surface area contributed by atoms with Crippen molar-refractivity contribution in [3.63, 3.8) is 0 Å². The Morgan fingerprint density at radius 2 is 2.25 bits per heavy atom. The van der Waals surface area contributed by atoms with Gasteiger partial charge in [0.05, 0.1) is 6.54 Å². The van der Waals surface area contributed by atoms with E-state index < -0.39 is 5.97 Å². The SMILES string of the molecule is CCC1(CNCC(=O)O)CCC1. The van der Waals surface area contributed by atoms with Crippen molar-refractivity contribution in [3.05, 3.63) is 0 Å². The maximum absolute atomic E-state index is 10.2. The lowest BCUT2D eigenvalue weighted by Gasteiger charge is -2.41. The zero-order valence-corrected chi connectivity index (χ0v) is 7.60. The van der Waals surface area contributed by atoms with Crippen LogP contribution in [0.3, 0.4) is 0 Å². The Hall–Kier alpha value is -0.570. The van der Waals surface area contributed by atoms with Crippen LogP contribution in [0.2, 0.25) is 0 Å². The van der Waals surface area contributed by atoms with Crippen LogP contribution in [0, 0.1) is 5.41 Å². The lowest BCUT2D eigenvalue weighted by Crippen LogP contribution is -2.40. The average Bonchev–Trinajstić information content (AvgIpc) is 1.94. The second kappa shape index (κ2) is 3.90. The van der Waals surface area contributed by atoms with E-state index in [2.05, 4.69) is 12.2 Å². The van der Waals surface area contributed by atoms with Gasteiger partial charge in [-0.3, -0.25) is 4.79 Å². The summed E-state index contributed by atoms with van der Waals surface area (Å²) in [4.78, 5) is 10.2. The van der Waals surface area contributed by atoms with Gasteiger partial charge in [0, 0.05) is 6.54 Å². The third-order valence-corrected chi connectivity index (χ3v) is 2.94. The molecule has 12 heavy (non-hydrogen) atoms. The number of hydrogen-bond acceptors (Lipinski definition) is 2. The molecule has 1 aliphatic rings. The van der Waals surface area contributed by atoms with Crippen molar-refractivity contribution in [1.82, 2.24) is 5.32 Å². The van der Waals surface area contributed by atoms with Crippen LogP contribution >= 0.6 is 0 Å². The molecule has 0 aliphatic heterocycles. The zero-order chi connectivity index (χ0) is 9.03. The molecule has 3 nitrogen and oxygen atoms in total. The predicted molar refractivity (Wildman–Crippen MR) is 47.1 cm³/mol. The van der Waals surface area contributed by atoms with Gasteiger partial charge in [0.15, 0.2) is 0 Å². The van der Waals surface area contributed by atoms with Crippen molar-refractivity contribution in [2.24, 2.45) is 5.41 Å². The molecule has 0 atom stereocenters. The molecular weight excluding hydrogens is 154 g/mol. The molecule has 1 saturated carbocycles. The van der Waals surface area contributed by atoms with Crippen LogP contribution in [0.4, 0.5) is 0 Å². The van der Waals surface area contributed by atoms with Gasteiger partial charge in [0.1, 0.15) is 0 Å². The van der Waals surface area contributed by atoms with Crippen molar-refractivity contribution >= 4 is 5.97 Å². The topological polar surface area (TPSA) is 49.3 Å². The van der Waals surface area contributed by atoms with Crippen LogP contribution in [0.1, 0.15) is 32.6 Å². The van der Waals surface area contributed by atoms with E-state index in [4.69, 9.17) is 5.11 Å². The first-order chi connectivity index (χ1) is 5.68. The third-order valence-electron chi connectivity index (χ3n) is 2.94. The average molecular weight is 171 g/mol. The van der Waals surface area contributed by atoms with Gasteiger partial charge in [0.2, 0.25) is 0 Å². The Labute approximate surface area is 73.2 Å². The largest absolute Gasteiger partial charge is 0.480 e. The molecule has 0 aromatic carbocycles. The van der Waals surface area contributed by atoms with Gasteiger partial charge in [-0.05, 0) is 24.7 Å². The first kappa shape index (κ1) is 9.52. The van der Waals surface area contributed by atoms with Crippen LogP contribution in [-0.2, 0) is 4.79 Å². The smallest absolute Gasteiger partial charge is 0.317 e. The molecule has 0 amide bonds. The van der Waals surface area contributed by atoms with Gasteiger partial charge >= 0.3 is 5.97 Å². The summed E-state index contributed by atoms with van der Waals surface area (Å²) in [5.74, 6) is -0.763. The van der Waals surface area contributed by atoms with Gasteiger partial charge in [0.25, 0.3) is 0 Å². The van der Waals surface area contributed by atoms with E-state index in [0.717, 1.165) is 6.54 Å². The number of carboxylic acid groups (broad SMARTS) is 1. The number of aliphatic carboxylic acids is 1. The fourth-order valence-electron chi connectivity index (χ4n) is 1.77. The lowest BCUT2D eigenvalue weighted by molar-refractivity contribution is -0.136.